The van der Waals surface area contributed by atoms with Gasteiger partial charge in [-0.1, -0.05) is 26.2 Å². The zero-order valence-electron chi connectivity index (χ0n) is 18.6. The van der Waals surface area contributed by atoms with Crippen molar-refractivity contribution in [1.29, 1.82) is 0 Å². The molecule has 1 N–H and O–H groups in total. The third kappa shape index (κ3) is 3.95. The predicted molar refractivity (Wildman–Crippen MR) is 120 cm³/mol. The number of hydrogen-bond donors (Lipinski definition) is 1. The number of hydrogen-bond acceptors (Lipinski definition) is 5. The van der Waals surface area contributed by atoms with Crippen molar-refractivity contribution in [3.8, 4) is 5.75 Å². The molecule has 1 spiro atoms. The van der Waals surface area contributed by atoms with E-state index >= 15 is 0 Å². The Morgan fingerprint density at radius 3 is 2.35 bits per heavy atom. The molecule has 34 heavy (non-hydrogen) atoms. The van der Waals surface area contributed by atoms with E-state index in [9.17, 15) is 22.8 Å². The van der Waals surface area contributed by atoms with E-state index in [1.807, 2.05) is 6.92 Å². The van der Waals surface area contributed by atoms with Crippen LogP contribution in [0.25, 0.3) is 0 Å². The molecule has 0 bridgehead atoms. The van der Waals surface area contributed by atoms with Gasteiger partial charge >= 0.3 is 12.4 Å². The summed E-state index contributed by atoms with van der Waals surface area (Å²) in [6.45, 7) is 1.91. The summed E-state index contributed by atoms with van der Waals surface area (Å²) in [5, 5.41) is 3.44. The smallest absolute Gasteiger partial charge is 0.406 e. The Hall–Kier alpha value is -3.30. The molecule has 180 valence electrons. The molecule has 2 aliphatic carbocycles. The molecular formula is C24H25F3N4O3. The number of pyridine rings is 1. The molecule has 2 saturated carbocycles. The molecular weight excluding hydrogens is 449 g/mol. The third-order valence-electron chi connectivity index (χ3n) is 6.91. The lowest BCUT2D eigenvalue weighted by Gasteiger charge is -2.25. The van der Waals surface area contributed by atoms with E-state index in [1.165, 1.54) is 36.3 Å². The fourth-order valence-electron chi connectivity index (χ4n) is 5.12. The second-order valence-corrected chi connectivity index (χ2v) is 9.21. The molecule has 7 nitrogen and oxygen atoms in total. The lowest BCUT2D eigenvalue weighted by molar-refractivity contribution is -0.274. The largest absolute Gasteiger partial charge is 0.573 e. The molecule has 3 aliphatic rings. The number of nitrogens with zero attached hydrogens (tertiary/aromatic N) is 3. The minimum absolute atomic E-state index is 0.0512. The number of carbonyl (C=O) groups is 2. The fraction of sp³-hybridized carbons (Fsp3) is 0.458. The van der Waals surface area contributed by atoms with E-state index in [0.717, 1.165) is 29.9 Å². The Morgan fingerprint density at radius 1 is 1.06 bits per heavy atom. The molecule has 3 fully saturated rings. The number of amides is 3. The van der Waals surface area contributed by atoms with Gasteiger partial charge in [-0.15, -0.1) is 13.2 Å². The van der Waals surface area contributed by atoms with Crippen LogP contribution in [0, 0.1) is 5.92 Å². The highest BCUT2D eigenvalue weighted by molar-refractivity contribution is 6.31. The average molecular weight is 474 g/mol. The van der Waals surface area contributed by atoms with Crippen LogP contribution in [0.5, 0.6) is 5.75 Å². The van der Waals surface area contributed by atoms with Crippen molar-refractivity contribution in [1.82, 2.24) is 4.98 Å². The maximum absolute atomic E-state index is 13.5. The van der Waals surface area contributed by atoms with Gasteiger partial charge in [0.15, 0.2) is 0 Å². The summed E-state index contributed by atoms with van der Waals surface area (Å²) in [4.78, 5) is 33.9. The lowest BCUT2D eigenvalue weighted by Crippen LogP contribution is -2.39. The number of aromatic nitrogens is 1. The molecule has 3 amide bonds. The number of ether oxygens (including phenoxy) is 1. The fourth-order valence-corrected chi connectivity index (χ4v) is 5.12. The normalized spacial score (nSPS) is 25.2. The first-order valence-corrected chi connectivity index (χ1v) is 11.5. The zero-order valence-corrected chi connectivity index (χ0v) is 18.6. The highest BCUT2D eigenvalue weighted by Gasteiger charge is 2.70. The maximum Gasteiger partial charge on any atom is 0.573 e. The Kier molecular flexibility index (Phi) is 5.41. The number of rotatable bonds is 5. The van der Waals surface area contributed by atoms with Crippen molar-refractivity contribution in [2.24, 2.45) is 5.92 Å². The second kappa shape index (κ2) is 8.18. The van der Waals surface area contributed by atoms with Gasteiger partial charge < -0.3 is 10.1 Å². The molecule has 1 aromatic heterocycles. The molecule has 1 saturated heterocycles. The van der Waals surface area contributed by atoms with Gasteiger partial charge in [-0.2, -0.15) is 0 Å². The van der Waals surface area contributed by atoms with Crippen LogP contribution in [-0.4, -0.2) is 34.9 Å². The van der Waals surface area contributed by atoms with Crippen molar-refractivity contribution >= 4 is 29.1 Å². The molecule has 1 aliphatic heterocycles. The SMILES string of the molecule is CC1CC12C(=O)N(c1ccc(OC(F)(F)F)cc1)C(=O)N2c1ccnc(NC2CCCCC2)c1. The summed E-state index contributed by atoms with van der Waals surface area (Å²) in [7, 11) is 0. The molecule has 2 atom stereocenters. The minimum atomic E-state index is -4.82. The Bertz CT molecular complexity index is 1100. The zero-order chi connectivity index (χ0) is 24.1. The van der Waals surface area contributed by atoms with Crippen LogP contribution in [-0.2, 0) is 4.79 Å². The van der Waals surface area contributed by atoms with Gasteiger partial charge in [0.05, 0.1) is 11.4 Å². The van der Waals surface area contributed by atoms with Gasteiger partial charge in [0.25, 0.3) is 5.91 Å². The molecule has 2 unspecified atom stereocenters. The summed E-state index contributed by atoms with van der Waals surface area (Å²) in [6.07, 6.45) is 3.00. The minimum Gasteiger partial charge on any atom is -0.406 e. The van der Waals surface area contributed by atoms with E-state index < -0.39 is 23.7 Å². The first-order chi connectivity index (χ1) is 16.2. The van der Waals surface area contributed by atoms with E-state index in [1.54, 1.807) is 18.3 Å². The van der Waals surface area contributed by atoms with Crippen molar-refractivity contribution in [2.45, 2.75) is 63.4 Å². The van der Waals surface area contributed by atoms with Crippen molar-refractivity contribution in [3.05, 3.63) is 42.6 Å². The van der Waals surface area contributed by atoms with E-state index in [-0.39, 0.29) is 17.5 Å². The van der Waals surface area contributed by atoms with Gasteiger partial charge in [0, 0.05) is 18.3 Å². The number of alkyl halides is 3. The Morgan fingerprint density at radius 2 is 1.74 bits per heavy atom. The Balaban J connectivity index is 1.42. The van der Waals surface area contributed by atoms with Crippen molar-refractivity contribution in [2.75, 3.05) is 15.1 Å². The number of carbonyl (C=O) groups excluding carboxylic acids is 2. The van der Waals surface area contributed by atoms with Crippen LogP contribution in [0.4, 0.5) is 35.2 Å². The lowest BCUT2D eigenvalue weighted by atomic mass is 9.95. The summed E-state index contributed by atoms with van der Waals surface area (Å²) >= 11 is 0. The number of halogens is 3. The quantitative estimate of drug-likeness (QED) is 0.581. The highest BCUT2D eigenvalue weighted by atomic mass is 19.4. The number of urea groups is 1. The van der Waals surface area contributed by atoms with E-state index in [4.69, 9.17) is 0 Å². The van der Waals surface area contributed by atoms with E-state index in [0.29, 0.717) is 24.0 Å². The van der Waals surface area contributed by atoms with Gasteiger partial charge in [-0.05, 0) is 55.5 Å². The average Bonchev–Trinajstić information content (AvgIpc) is 3.40. The molecule has 2 heterocycles. The first-order valence-electron chi connectivity index (χ1n) is 11.5. The highest BCUT2D eigenvalue weighted by Crippen LogP contribution is 2.55. The summed E-state index contributed by atoms with van der Waals surface area (Å²) < 4.78 is 41.3. The number of anilines is 3. The predicted octanol–water partition coefficient (Wildman–Crippen LogP) is 5.48. The topological polar surface area (TPSA) is 74.8 Å². The summed E-state index contributed by atoms with van der Waals surface area (Å²) in [5.41, 5.74) is -0.238. The first kappa shape index (κ1) is 22.5. The van der Waals surface area contributed by atoms with Crippen LogP contribution in [0.15, 0.2) is 42.6 Å². The second-order valence-electron chi connectivity index (χ2n) is 9.21. The molecule has 5 rings (SSSR count). The number of nitrogens with one attached hydrogen (secondary N) is 1. The molecule has 10 heteroatoms. The van der Waals surface area contributed by atoms with Gasteiger partial charge in [-0.3, -0.25) is 9.69 Å². The van der Waals surface area contributed by atoms with Crippen molar-refractivity contribution in [3.63, 3.8) is 0 Å². The van der Waals surface area contributed by atoms with Crippen LogP contribution >= 0.6 is 0 Å². The standard InChI is InChI=1S/C24H25F3N4O3/c1-15-14-23(15)21(32)30(17-7-9-19(10-8-17)34-24(25,26)27)22(33)31(23)18-11-12-28-20(13-18)29-16-5-3-2-4-6-16/h7-13,15-16H,2-6,14H2,1H3,(H,28,29). The van der Waals surface area contributed by atoms with Gasteiger partial charge in [-0.25, -0.2) is 14.7 Å². The van der Waals surface area contributed by atoms with Crippen LogP contribution < -0.4 is 19.9 Å². The molecule has 0 radical (unpaired) electrons. The summed E-state index contributed by atoms with van der Waals surface area (Å²) in [6, 6.07) is 8.03. The van der Waals surface area contributed by atoms with Gasteiger partial charge in [0.2, 0.25) is 0 Å². The third-order valence-corrected chi connectivity index (χ3v) is 6.91. The number of benzene rings is 1. The van der Waals surface area contributed by atoms with Crippen molar-refractivity contribution < 1.29 is 27.5 Å². The van der Waals surface area contributed by atoms with Crippen LogP contribution in [0.2, 0.25) is 0 Å². The van der Waals surface area contributed by atoms with E-state index in [2.05, 4.69) is 15.0 Å². The maximum atomic E-state index is 13.5. The Labute approximate surface area is 194 Å². The van der Waals surface area contributed by atoms with Gasteiger partial charge in [0.1, 0.15) is 17.1 Å². The summed E-state index contributed by atoms with van der Waals surface area (Å²) in [5.74, 6) is -0.202. The van der Waals surface area contributed by atoms with Crippen LogP contribution in [0.3, 0.4) is 0 Å². The van der Waals surface area contributed by atoms with Crippen LogP contribution in [0.1, 0.15) is 45.4 Å². The molecule has 2 aromatic rings. The molecule has 1 aromatic carbocycles. The number of imide groups is 1. The monoisotopic (exact) mass is 474 g/mol.